The van der Waals surface area contributed by atoms with Crippen LogP contribution in [-0.2, 0) is 0 Å². The molecule has 21 heavy (non-hydrogen) atoms. The summed E-state index contributed by atoms with van der Waals surface area (Å²) >= 11 is 0. The molecule has 1 amide bonds. The van der Waals surface area contributed by atoms with E-state index in [9.17, 15) is 19.3 Å². The number of aryl methyl sites for hydroxylation is 1. The third-order valence-electron chi connectivity index (χ3n) is 3.68. The first-order chi connectivity index (χ1) is 9.95. The summed E-state index contributed by atoms with van der Waals surface area (Å²) in [6.45, 7) is 4.03. The fourth-order valence-corrected chi connectivity index (χ4v) is 2.33. The molecule has 0 unspecified atom stereocenters. The van der Waals surface area contributed by atoms with E-state index in [4.69, 9.17) is 0 Å². The van der Waals surface area contributed by atoms with Crippen LogP contribution in [0.4, 0.5) is 10.1 Å². The van der Waals surface area contributed by atoms with E-state index in [1.165, 1.54) is 6.92 Å². The fourth-order valence-electron chi connectivity index (χ4n) is 2.33. The van der Waals surface area contributed by atoms with Crippen LogP contribution in [0.1, 0.15) is 48.5 Å². The Morgan fingerprint density at radius 2 is 2.14 bits per heavy atom. The van der Waals surface area contributed by atoms with Gasteiger partial charge in [0.15, 0.2) is 0 Å². The molecule has 1 aromatic rings. The van der Waals surface area contributed by atoms with E-state index in [0.717, 1.165) is 37.8 Å². The van der Waals surface area contributed by atoms with Gasteiger partial charge in [0.25, 0.3) is 11.6 Å². The zero-order chi connectivity index (χ0) is 15.6. The number of hydrogen-bond donors (Lipinski definition) is 0. The molecule has 0 radical (unpaired) electrons. The topological polar surface area (TPSA) is 63.5 Å². The van der Waals surface area contributed by atoms with Crippen molar-refractivity contribution in [3.8, 4) is 0 Å². The molecule has 2 rings (SSSR count). The van der Waals surface area contributed by atoms with E-state index < -0.39 is 16.6 Å². The fraction of sp³-hybridized carbons (Fsp3) is 0.533. The minimum atomic E-state index is -0.659. The number of nitro benzene ring substituents is 1. The van der Waals surface area contributed by atoms with Crippen molar-refractivity contribution < 1.29 is 14.1 Å². The van der Waals surface area contributed by atoms with Crippen LogP contribution < -0.4 is 0 Å². The van der Waals surface area contributed by atoms with Gasteiger partial charge in [-0.3, -0.25) is 14.9 Å². The quantitative estimate of drug-likeness (QED) is 0.596. The van der Waals surface area contributed by atoms with Gasteiger partial charge in [0.05, 0.1) is 10.5 Å². The van der Waals surface area contributed by atoms with Gasteiger partial charge >= 0.3 is 0 Å². The van der Waals surface area contributed by atoms with Crippen molar-refractivity contribution in [3.05, 3.63) is 39.2 Å². The van der Waals surface area contributed by atoms with Crippen molar-refractivity contribution >= 4 is 11.6 Å². The molecule has 0 saturated heterocycles. The number of rotatable bonds is 6. The van der Waals surface area contributed by atoms with Gasteiger partial charge in [0, 0.05) is 24.7 Å². The van der Waals surface area contributed by atoms with E-state index in [0.29, 0.717) is 6.54 Å². The first-order valence-electron chi connectivity index (χ1n) is 7.21. The number of carbonyl (C=O) groups is 1. The number of amides is 1. The minimum absolute atomic E-state index is 0.124. The number of carbonyl (C=O) groups excluding carboxylic acids is 1. The molecule has 0 aliphatic heterocycles. The van der Waals surface area contributed by atoms with Crippen LogP contribution in [0.2, 0.25) is 0 Å². The van der Waals surface area contributed by atoms with Crippen LogP contribution in [0.5, 0.6) is 0 Å². The number of unbranched alkanes of at least 4 members (excludes halogenated alkanes) is 1. The summed E-state index contributed by atoms with van der Waals surface area (Å²) in [5.74, 6) is -1.09. The Labute approximate surface area is 122 Å². The van der Waals surface area contributed by atoms with E-state index in [-0.39, 0.29) is 22.9 Å². The number of hydrogen-bond acceptors (Lipinski definition) is 3. The third-order valence-corrected chi connectivity index (χ3v) is 3.68. The summed E-state index contributed by atoms with van der Waals surface area (Å²) in [7, 11) is 0. The zero-order valence-corrected chi connectivity index (χ0v) is 12.3. The van der Waals surface area contributed by atoms with Gasteiger partial charge in [0.1, 0.15) is 5.82 Å². The molecule has 1 aliphatic carbocycles. The van der Waals surface area contributed by atoms with Gasteiger partial charge in [0.2, 0.25) is 0 Å². The number of non-ortho nitro benzene ring substituents is 1. The van der Waals surface area contributed by atoms with Crippen molar-refractivity contribution in [1.29, 1.82) is 0 Å². The summed E-state index contributed by atoms with van der Waals surface area (Å²) in [5, 5.41) is 10.9. The van der Waals surface area contributed by atoms with Gasteiger partial charge in [-0.1, -0.05) is 13.3 Å². The molecular formula is C15H19FN2O3. The summed E-state index contributed by atoms with van der Waals surface area (Å²) in [6.07, 6.45) is 3.63. The highest BCUT2D eigenvalue weighted by atomic mass is 19.1. The molecular weight excluding hydrogens is 275 g/mol. The van der Waals surface area contributed by atoms with Crippen molar-refractivity contribution in [3.63, 3.8) is 0 Å². The van der Waals surface area contributed by atoms with Crippen LogP contribution >= 0.6 is 0 Å². The highest BCUT2D eigenvalue weighted by Crippen LogP contribution is 2.30. The molecule has 0 N–H and O–H groups in total. The third kappa shape index (κ3) is 3.37. The second-order valence-electron chi connectivity index (χ2n) is 5.46. The molecule has 1 aliphatic rings. The van der Waals surface area contributed by atoms with E-state index in [1.807, 2.05) is 6.92 Å². The lowest BCUT2D eigenvalue weighted by molar-refractivity contribution is -0.385. The molecule has 0 heterocycles. The predicted octanol–water partition coefficient (Wildman–Crippen LogP) is 3.45. The molecule has 1 saturated carbocycles. The Morgan fingerprint density at radius 3 is 2.67 bits per heavy atom. The smallest absolute Gasteiger partial charge is 0.270 e. The summed E-state index contributed by atoms with van der Waals surface area (Å²) in [4.78, 5) is 24.5. The lowest BCUT2D eigenvalue weighted by Crippen LogP contribution is -2.34. The maximum Gasteiger partial charge on any atom is 0.270 e. The van der Waals surface area contributed by atoms with Crippen LogP contribution in [0.3, 0.4) is 0 Å². The Morgan fingerprint density at radius 1 is 1.48 bits per heavy atom. The Kier molecular flexibility index (Phi) is 4.55. The van der Waals surface area contributed by atoms with Crippen LogP contribution in [0, 0.1) is 22.9 Å². The normalized spacial score (nSPS) is 14.0. The van der Waals surface area contributed by atoms with Crippen LogP contribution in [-0.4, -0.2) is 28.3 Å². The SMILES string of the molecule is CCCCN(C(=O)c1cc([N+](=O)[O-])cc(C)c1F)C1CC1. The summed E-state index contributed by atoms with van der Waals surface area (Å²) < 4.78 is 14.2. The lowest BCUT2D eigenvalue weighted by Gasteiger charge is -2.22. The predicted molar refractivity (Wildman–Crippen MR) is 76.8 cm³/mol. The van der Waals surface area contributed by atoms with E-state index in [2.05, 4.69) is 0 Å². The molecule has 0 aromatic heterocycles. The van der Waals surface area contributed by atoms with Gasteiger partial charge < -0.3 is 4.90 Å². The van der Waals surface area contributed by atoms with Gasteiger partial charge in [-0.25, -0.2) is 4.39 Å². The van der Waals surface area contributed by atoms with Crippen LogP contribution in [0.15, 0.2) is 12.1 Å². The number of halogens is 1. The van der Waals surface area contributed by atoms with E-state index in [1.54, 1.807) is 4.90 Å². The van der Waals surface area contributed by atoms with Crippen molar-refractivity contribution in [2.24, 2.45) is 0 Å². The number of benzene rings is 1. The highest BCUT2D eigenvalue weighted by molar-refractivity contribution is 5.95. The average molecular weight is 294 g/mol. The van der Waals surface area contributed by atoms with Gasteiger partial charge in [-0.05, 0) is 31.7 Å². The Hall–Kier alpha value is -1.98. The molecule has 0 atom stereocenters. The van der Waals surface area contributed by atoms with Crippen molar-refractivity contribution in [2.45, 2.75) is 45.6 Å². The zero-order valence-electron chi connectivity index (χ0n) is 12.3. The van der Waals surface area contributed by atoms with Crippen molar-refractivity contribution in [2.75, 3.05) is 6.54 Å². The molecule has 0 bridgehead atoms. The maximum absolute atomic E-state index is 14.2. The molecule has 5 nitrogen and oxygen atoms in total. The number of nitrogens with zero attached hydrogens (tertiary/aromatic N) is 2. The molecule has 1 aromatic carbocycles. The van der Waals surface area contributed by atoms with Crippen LogP contribution in [0.25, 0.3) is 0 Å². The first kappa shape index (κ1) is 15.4. The summed E-state index contributed by atoms with van der Waals surface area (Å²) in [6, 6.07) is 2.36. The van der Waals surface area contributed by atoms with E-state index >= 15 is 0 Å². The second kappa shape index (κ2) is 6.20. The summed E-state index contributed by atoms with van der Waals surface area (Å²) in [5.41, 5.74) is -0.313. The largest absolute Gasteiger partial charge is 0.336 e. The van der Waals surface area contributed by atoms with Gasteiger partial charge in [-0.2, -0.15) is 0 Å². The Bertz CT molecular complexity index is 570. The molecule has 1 fully saturated rings. The lowest BCUT2D eigenvalue weighted by atomic mass is 10.1. The van der Waals surface area contributed by atoms with Crippen molar-refractivity contribution in [1.82, 2.24) is 4.90 Å². The highest BCUT2D eigenvalue weighted by Gasteiger charge is 2.34. The molecule has 114 valence electrons. The average Bonchev–Trinajstić information content (AvgIpc) is 3.26. The minimum Gasteiger partial charge on any atom is -0.336 e. The Balaban J connectivity index is 2.34. The molecule has 6 heteroatoms. The van der Waals surface area contributed by atoms with Gasteiger partial charge in [-0.15, -0.1) is 0 Å². The number of nitro groups is 1. The monoisotopic (exact) mass is 294 g/mol. The first-order valence-corrected chi connectivity index (χ1v) is 7.21. The standard InChI is InChI=1S/C15H19FN2O3/c1-3-4-7-17(11-5-6-11)15(19)13-9-12(18(20)21)8-10(2)14(13)16/h8-9,11H,3-7H2,1-2H3. The molecule has 0 spiro atoms. The second-order valence-corrected chi connectivity index (χ2v) is 5.46. The maximum atomic E-state index is 14.2.